The normalized spacial score (nSPS) is 22.3. The summed E-state index contributed by atoms with van der Waals surface area (Å²) in [4.78, 5) is 15.2. The van der Waals surface area contributed by atoms with Gasteiger partial charge < -0.3 is 14.8 Å². The molecule has 0 aliphatic carbocycles. The first-order chi connectivity index (χ1) is 15.1. The molecule has 7 nitrogen and oxygen atoms in total. The summed E-state index contributed by atoms with van der Waals surface area (Å²) >= 11 is 0. The molecule has 8 heteroatoms. The Bertz CT molecular complexity index is 900. The Hall–Kier alpha value is -2.68. The van der Waals surface area contributed by atoms with Crippen molar-refractivity contribution in [1.29, 1.82) is 0 Å². The fraction of sp³-hybridized carbons (Fsp3) is 0.435. The van der Waals surface area contributed by atoms with Crippen LogP contribution in [0.1, 0.15) is 41.2 Å². The maximum Gasteiger partial charge on any atom is 0.255 e. The van der Waals surface area contributed by atoms with E-state index in [1.807, 2.05) is 12.1 Å². The van der Waals surface area contributed by atoms with Gasteiger partial charge in [0.25, 0.3) is 5.91 Å². The second-order valence-electron chi connectivity index (χ2n) is 7.99. The summed E-state index contributed by atoms with van der Waals surface area (Å²) in [7, 11) is 3.13. The molecule has 2 unspecified atom stereocenters. The smallest absolute Gasteiger partial charge is 0.255 e. The summed E-state index contributed by atoms with van der Waals surface area (Å²) in [5.74, 6) is 0.804. The minimum atomic E-state index is -0.220. The van der Waals surface area contributed by atoms with E-state index in [0.717, 1.165) is 37.9 Å². The Labute approximate surface area is 181 Å². The Morgan fingerprint density at radius 3 is 2.48 bits per heavy atom. The molecule has 31 heavy (non-hydrogen) atoms. The van der Waals surface area contributed by atoms with Gasteiger partial charge in [0.15, 0.2) is 0 Å². The van der Waals surface area contributed by atoms with Crippen LogP contribution < -0.4 is 25.6 Å². The number of carbonyl (C=O) groups excluding carboxylic acids is 1. The highest BCUT2D eigenvalue weighted by Gasteiger charge is 2.32. The molecule has 2 aromatic rings. The molecule has 0 saturated carbocycles. The van der Waals surface area contributed by atoms with E-state index >= 15 is 0 Å². The number of halogens is 1. The zero-order valence-corrected chi connectivity index (χ0v) is 17.9. The Morgan fingerprint density at radius 2 is 1.81 bits per heavy atom. The molecule has 0 bridgehead atoms. The van der Waals surface area contributed by atoms with Crippen LogP contribution in [-0.4, -0.2) is 50.3 Å². The lowest BCUT2D eigenvalue weighted by atomic mass is 10.0. The van der Waals surface area contributed by atoms with Crippen LogP contribution in [-0.2, 0) is 0 Å². The van der Waals surface area contributed by atoms with Crippen LogP contribution in [0.3, 0.4) is 0 Å². The molecule has 4 rings (SSSR count). The first kappa shape index (κ1) is 21.5. The van der Waals surface area contributed by atoms with E-state index in [1.165, 1.54) is 12.1 Å². The van der Waals surface area contributed by atoms with Gasteiger partial charge in [-0.1, -0.05) is 12.1 Å². The molecule has 2 saturated heterocycles. The Morgan fingerprint density at radius 1 is 1.06 bits per heavy atom. The summed E-state index contributed by atoms with van der Waals surface area (Å²) < 4.78 is 23.7. The maximum absolute atomic E-state index is 13.2. The predicted octanol–water partition coefficient (Wildman–Crippen LogP) is 2.60. The van der Waals surface area contributed by atoms with Crippen molar-refractivity contribution in [2.24, 2.45) is 0 Å². The third-order valence-corrected chi connectivity index (χ3v) is 6.11. The standard InChI is InChI=1S/C23H29FN4O3/c1-30-18-7-8-19(21(13-18)31-2)23(29)25-17-9-11-28(12-10-17)22-14-20(26-27-22)15-3-5-16(24)6-4-15/h3-8,13,17,20,22,26-27H,9-12,14H2,1-2H3,(H,25,29). The number of nitrogens with one attached hydrogen (secondary N) is 3. The molecule has 0 spiro atoms. The highest BCUT2D eigenvalue weighted by Crippen LogP contribution is 2.27. The number of benzene rings is 2. The Balaban J connectivity index is 1.28. The van der Waals surface area contributed by atoms with Crippen LogP contribution in [0.2, 0.25) is 0 Å². The molecule has 2 fully saturated rings. The lowest BCUT2D eigenvalue weighted by Gasteiger charge is -2.35. The number of ether oxygens (including phenoxy) is 2. The van der Waals surface area contributed by atoms with E-state index in [1.54, 1.807) is 32.4 Å². The van der Waals surface area contributed by atoms with Gasteiger partial charge in [-0.05, 0) is 49.1 Å². The van der Waals surface area contributed by atoms with E-state index in [9.17, 15) is 9.18 Å². The maximum atomic E-state index is 13.2. The van der Waals surface area contributed by atoms with E-state index in [4.69, 9.17) is 9.47 Å². The second kappa shape index (κ2) is 9.64. The van der Waals surface area contributed by atoms with Crippen LogP contribution in [0, 0.1) is 5.82 Å². The zero-order valence-electron chi connectivity index (χ0n) is 17.9. The summed E-state index contributed by atoms with van der Waals surface area (Å²) in [6.45, 7) is 1.78. The van der Waals surface area contributed by atoms with Gasteiger partial charge in [0.2, 0.25) is 0 Å². The SMILES string of the molecule is COc1ccc(C(=O)NC2CCN(C3CC(c4ccc(F)cc4)NN3)CC2)c(OC)c1. The van der Waals surface area contributed by atoms with Crippen LogP contribution in [0.25, 0.3) is 0 Å². The summed E-state index contributed by atoms with van der Waals surface area (Å²) in [5, 5.41) is 3.14. The van der Waals surface area contributed by atoms with Gasteiger partial charge in [0, 0.05) is 31.2 Å². The fourth-order valence-corrected chi connectivity index (χ4v) is 4.30. The van der Waals surface area contributed by atoms with Crippen LogP contribution >= 0.6 is 0 Å². The molecular formula is C23H29FN4O3. The van der Waals surface area contributed by atoms with Gasteiger partial charge in [-0.15, -0.1) is 0 Å². The van der Waals surface area contributed by atoms with Crippen molar-refractivity contribution >= 4 is 5.91 Å². The summed E-state index contributed by atoms with van der Waals surface area (Å²) in [5.41, 5.74) is 8.27. The predicted molar refractivity (Wildman–Crippen MR) is 115 cm³/mol. The van der Waals surface area contributed by atoms with Crippen molar-refractivity contribution in [1.82, 2.24) is 21.1 Å². The number of rotatable bonds is 6. The van der Waals surface area contributed by atoms with Gasteiger partial charge in [-0.3, -0.25) is 9.69 Å². The van der Waals surface area contributed by atoms with E-state index in [2.05, 4.69) is 21.1 Å². The zero-order chi connectivity index (χ0) is 21.8. The van der Waals surface area contributed by atoms with E-state index in [0.29, 0.717) is 17.1 Å². The number of nitrogens with zero attached hydrogens (tertiary/aromatic N) is 1. The van der Waals surface area contributed by atoms with Crippen molar-refractivity contribution in [3.05, 3.63) is 59.4 Å². The molecular weight excluding hydrogens is 399 g/mol. The molecule has 2 heterocycles. The molecule has 166 valence electrons. The molecule has 3 N–H and O–H groups in total. The minimum absolute atomic E-state index is 0.123. The van der Waals surface area contributed by atoms with Crippen molar-refractivity contribution in [3.63, 3.8) is 0 Å². The molecule has 2 aliphatic rings. The molecule has 2 atom stereocenters. The molecule has 2 aliphatic heterocycles. The number of methoxy groups -OCH3 is 2. The first-order valence-electron chi connectivity index (χ1n) is 10.6. The number of carbonyl (C=O) groups is 1. The minimum Gasteiger partial charge on any atom is -0.497 e. The van der Waals surface area contributed by atoms with Gasteiger partial charge >= 0.3 is 0 Å². The lowest BCUT2D eigenvalue weighted by Crippen LogP contribution is -2.51. The van der Waals surface area contributed by atoms with Crippen molar-refractivity contribution in [3.8, 4) is 11.5 Å². The highest BCUT2D eigenvalue weighted by molar-refractivity contribution is 5.97. The average molecular weight is 429 g/mol. The first-order valence-corrected chi connectivity index (χ1v) is 10.6. The van der Waals surface area contributed by atoms with Crippen LogP contribution in [0.15, 0.2) is 42.5 Å². The third-order valence-electron chi connectivity index (χ3n) is 6.11. The largest absolute Gasteiger partial charge is 0.497 e. The van der Waals surface area contributed by atoms with Crippen molar-refractivity contribution in [2.45, 2.75) is 37.5 Å². The highest BCUT2D eigenvalue weighted by atomic mass is 19.1. The quantitative estimate of drug-likeness (QED) is 0.657. The topological polar surface area (TPSA) is 74.9 Å². The number of hydrogen-bond donors (Lipinski definition) is 3. The average Bonchev–Trinajstić information content (AvgIpc) is 3.29. The second-order valence-corrected chi connectivity index (χ2v) is 7.99. The van der Waals surface area contributed by atoms with Gasteiger partial charge in [0.1, 0.15) is 17.3 Å². The Kier molecular flexibility index (Phi) is 6.70. The molecule has 0 radical (unpaired) electrons. The van der Waals surface area contributed by atoms with Crippen LogP contribution in [0.5, 0.6) is 11.5 Å². The molecule has 0 aromatic heterocycles. The molecule has 2 aromatic carbocycles. The van der Waals surface area contributed by atoms with Crippen molar-refractivity contribution < 1.29 is 18.7 Å². The van der Waals surface area contributed by atoms with Gasteiger partial charge in [0.05, 0.1) is 25.9 Å². The van der Waals surface area contributed by atoms with Crippen molar-refractivity contribution in [2.75, 3.05) is 27.3 Å². The number of likely N-dealkylation sites (tertiary alicyclic amines) is 1. The summed E-state index contributed by atoms with van der Waals surface area (Å²) in [6.07, 6.45) is 2.88. The number of hydrazine groups is 1. The number of piperidine rings is 1. The monoisotopic (exact) mass is 428 g/mol. The van der Waals surface area contributed by atoms with E-state index < -0.39 is 0 Å². The fourth-order valence-electron chi connectivity index (χ4n) is 4.30. The number of amides is 1. The summed E-state index contributed by atoms with van der Waals surface area (Å²) in [6, 6.07) is 12.1. The third kappa shape index (κ3) is 4.98. The number of hydrogen-bond acceptors (Lipinski definition) is 6. The van der Waals surface area contributed by atoms with E-state index in [-0.39, 0.29) is 30.0 Å². The van der Waals surface area contributed by atoms with Gasteiger partial charge in [-0.25, -0.2) is 15.2 Å². The van der Waals surface area contributed by atoms with Gasteiger partial charge in [-0.2, -0.15) is 0 Å². The lowest BCUT2D eigenvalue weighted by molar-refractivity contribution is 0.0877. The van der Waals surface area contributed by atoms with Crippen LogP contribution in [0.4, 0.5) is 4.39 Å². The molecule has 1 amide bonds.